The van der Waals surface area contributed by atoms with E-state index in [4.69, 9.17) is 0 Å². The molecule has 0 aromatic heterocycles. The van der Waals surface area contributed by atoms with Gasteiger partial charge in [-0.2, -0.15) is 0 Å². The zero-order valence-electron chi connectivity index (χ0n) is 19.1. The molecular weight excluding hydrogens is 424 g/mol. The van der Waals surface area contributed by atoms with E-state index in [1.54, 1.807) is 9.80 Å². The van der Waals surface area contributed by atoms with Crippen molar-refractivity contribution in [2.75, 3.05) is 6.54 Å². The van der Waals surface area contributed by atoms with Gasteiger partial charge in [0.1, 0.15) is 0 Å². The highest BCUT2D eigenvalue weighted by Crippen LogP contribution is 2.29. The molecular formula is C24H30N4O5. The third-order valence-electron chi connectivity index (χ3n) is 6.63. The summed E-state index contributed by atoms with van der Waals surface area (Å²) in [5.74, 6) is -1.36. The third-order valence-corrected chi connectivity index (χ3v) is 6.63. The molecule has 1 atom stereocenters. The van der Waals surface area contributed by atoms with Crippen LogP contribution in [0.15, 0.2) is 18.2 Å². The molecule has 2 saturated heterocycles. The number of fused-ring (bicyclic) bond motifs is 1. The van der Waals surface area contributed by atoms with Gasteiger partial charge in [0.25, 0.3) is 0 Å². The molecule has 0 bridgehead atoms. The van der Waals surface area contributed by atoms with E-state index in [1.807, 2.05) is 32.0 Å². The number of carbonyl (C=O) groups excluding carboxylic acids is 5. The van der Waals surface area contributed by atoms with E-state index < -0.39 is 0 Å². The van der Waals surface area contributed by atoms with Gasteiger partial charge in [-0.05, 0) is 36.5 Å². The van der Waals surface area contributed by atoms with Crippen LogP contribution in [0.25, 0.3) is 0 Å². The van der Waals surface area contributed by atoms with Crippen LogP contribution in [0.4, 0.5) is 0 Å². The van der Waals surface area contributed by atoms with Crippen LogP contribution in [0.1, 0.15) is 56.2 Å². The Morgan fingerprint density at radius 1 is 1.06 bits per heavy atom. The summed E-state index contributed by atoms with van der Waals surface area (Å²) in [5, 5.41) is 5.11. The first-order chi connectivity index (χ1) is 15.7. The summed E-state index contributed by atoms with van der Waals surface area (Å²) in [6.45, 7) is 5.78. The molecule has 5 amide bonds. The van der Waals surface area contributed by atoms with Gasteiger partial charge < -0.3 is 15.1 Å². The highest BCUT2D eigenvalue weighted by Gasteiger charge is 2.38. The summed E-state index contributed by atoms with van der Waals surface area (Å²) < 4.78 is 0. The van der Waals surface area contributed by atoms with Crippen molar-refractivity contribution >= 4 is 29.5 Å². The van der Waals surface area contributed by atoms with E-state index in [9.17, 15) is 24.0 Å². The summed E-state index contributed by atoms with van der Waals surface area (Å²) in [4.78, 5) is 64.0. The van der Waals surface area contributed by atoms with E-state index in [2.05, 4.69) is 10.6 Å². The number of nitrogens with zero attached hydrogens (tertiary/aromatic N) is 2. The van der Waals surface area contributed by atoms with Crippen molar-refractivity contribution in [3.63, 3.8) is 0 Å². The SMILES string of the molecule is CC(C)N1CC(C(=O)N2Cc3ccc(CNC(=O)CC4CC(=O)NC(=O)C4)cc3C2)CC1=O. The van der Waals surface area contributed by atoms with Crippen molar-refractivity contribution in [2.24, 2.45) is 11.8 Å². The molecule has 0 spiro atoms. The zero-order chi connectivity index (χ0) is 23.7. The number of hydrogen-bond donors (Lipinski definition) is 2. The van der Waals surface area contributed by atoms with Gasteiger partial charge in [0.15, 0.2) is 0 Å². The average Bonchev–Trinajstić information content (AvgIpc) is 3.34. The topological polar surface area (TPSA) is 116 Å². The van der Waals surface area contributed by atoms with Crippen LogP contribution in [0.2, 0.25) is 0 Å². The maximum absolute atomic E-state index is 13.0. The van der Waals surface area contributed by atoms with Crippen LogP contribution in [0.5, 0.6) is 0 Å². The lowest BCUT2D eigenvalue weighted by atomic mass is 9.93. The molecule has 0 aliphatic carbocycles. The zero-order valence-corrected chi connectivity index (χ0v) is 19.1. The summed E-state index contributed by atoms with van der Waals surface area (Å²) in [6.07, 6.45) is 0.780. The molecule has 176 valence electrons. The normalized spacial score (nSPS) is 20.9. The fourth-order valence-electron chi connectivity index (χ4n) is 4.90. The fraction of sp³-hybridized carbons (Fsp3) is 0.542. The number of carbonyl (C=O) groups is 5. The number of benzene rings is 1. The minimum Gasteiger partial charge on any atom is -0.352 e. The monoisotopic (exact) mass is 454 g/mol. The third kappa shape index (κ3) is 5.23. The quantitative estimate of drug-likeness (QED) is 0.618. The molecule has 0 radical (unpaired) electrons. The largest absolute Gasteiger partial charge is 0.352 e. The minimum absolute atomic E-state index is 0.0172. The number of nitrogens with one attached hydrogen (secondary N) is 2. The maximum Gasteiger partial charge on any atom is 0.228 e. The Labute approximate surface area is 192 Å². The lowest BCUT2D eigenvalue weighted by Gasteiger charge is -2.22. The van der Waals surface area contributed by atoms with Gasteiger partial charge in [-0.15, -0.1) is 0 Å². The van der Waals surface area contributed by atoms with Gasteiger partial charge in [-0.1, -0.05) is 18.2 Å². The highest BCUT2D eigenvalue weighted by atomic mass is 16.2. The standard InChI is InChI=1S/C24H30N4O5/c1-14(2)28-13-19(9-23(28)32)24(33)27-11-17-4-3-15(5-18(17)12-27)10-25-20(29)6-16-7-21(30)26-22(31)8-16/h3-5,14,16,19H,6-13H2,1-2H3,(H,25,29)(H,26,30,31). The molecule has 2 N–H and O–H groups in total. The molecule has 33 heavy (non-hydrogen) atoms. The molecule has 1 aromatic carbocycles. The second-order valence-corrected chi connectivity index (χ2v) is 9.56. The van der Waals surface area contributed by atoms with Crippen molar-refractivity contribution in [2.45, 2.75) is 65.2 Å². The number of amides is 5. The lowest BCUT2D eigenvalue weighted by molar-refractivity contribution is -0.137. The number of piperidine rings is 1. The Kier molecular flexibility index (Phi) is 6.49. The van der Waals surface area contributed by atoms with Gasteiger partial charge in [-0.25, -0.2) is 0 Å². The second-order valence-electron chi connectivity index (χ2n) is 9.56. The number of rotatable bonds is 6. The first-order valence-electron chi connectivity index (χ1n) is 11.5. The highest BCUT2D eigenvalue weighted by molar-refractivity contribution is 5.98. The summed E-state index contributed by atoms with van der Waals surface area (Å²) in [5.41, 5.74) is 3.06. The number of hydrogen-bond acceptors (Lipinski definition) is 5. The summed E-state index contributed by atoms with van der Waals surface area (Å²) >= 11 is 0. The van der Waals surface area contributed by atoms with Crippen molar-refractivity contribution in [1.29, 1.82) is 0 Å². The van der Waals surface area contributed by atoms with Gasteiger partial charge in [-0.3, -0.25) is 29.3 Å². The minimum atomic E-state index is -0.333. The first-order valence-corrected chi connectivity index (χ1v) is 11.5. The Morgan fingerprint density at radius 2 is 1.76 bits per heavy atom. The van der Waals surface area contributed by atoms with Gasteiger partial charge in [0.05, 0.1) is 5.92 Å². The molecule has 9 heteroatoms. The molecule has 1 aromatic rings. The van der Waals surface area contributed by atoms with Crippen molar-refractivity contribution in [3.05, 3.63) is 34.9 Å². The summed E-state index contributed by atoms with van der Waals surface area (Å²) in [6, 6.07) is 6.01. The predicted octanol–water partition coefficient (Wildman–Crippen LogP) is 0.845. The Bertz CT molecular complexity index is 989. The second kappa shape index (κ2) is 9.33. The number of likely N-dealkylation sites (tertiary alicyclic amines) is 1. The van der Waals surface area contributed by atoms with E-state index in [0.29, 0.717) is 26.2 Å². The first kappa shape index (κ1) is 22.9. The Hall–Kier alpha value is -3.23. The Morgan fingerprint density at radius 3 is 2.42 bits per heavy atom. The smallest absolute Gasteiger partial charge is 0.228 e. The fourth-order valence-corrected chi connectivity index (χ4v) is 4.90. The summed E-state index contributed by atoms with van der Waals surface area (Å²) in [7, 11) is 0. The van der Waals surface area contributed by atoms with Gasteiger partial charge in [0, 0.05) is 57.9 Å². The van der Waals surface area contributed by atoms with E-state index in [0.717, 1.165) is 16.7 Å². The molecule has 0 saturated carbocycles. The van der Waals surface area contributed by atoms with Crippen molar-refractivity contribution in [3.8, 4) is 0 Å². The van der Waals surface area contributed by atoms with E-state index in [-0.39, 0.29) is 73.1 Å². The molecule has 3 heterocycles. The molecule has 3 aliphatic rings. The maximum atomic E-state index is 13.0. The van der Waals surface area contributed by atoms with Gasteiger partial charge >= 0.3 is 0 Å². The molecule has 3 aliphatic heterocycles. The van der Waals surface area contributed by atoms with Crippen LogP contribution in [-0.4, -0.2) is 51.9 Å². The van der Waals surface area contributed by atoms with Crippen molar-refractivity contribution in [1.82, 2.24) is 20.4 Å². The van der Waals surface area contributed by atoms with Crippen LogP contribution in [0, 0.1) is 11.8 Å². The average molecular weight is 455 g/mol. The van der Waals surface area contributed by atoms with Crippen LogP contribution >= 0.6 is 0 Å². The van der Waals surface area contributed by atoms with Crippen molar-refractivity contribution < 1.29 is 24.0 Å². The molecule has 4 rings (SSSR count). The van der Waals surface area contributed by atoms with E-state index >= 15 is 0 Å². The predicted molar refractivity (Wildman–Crippen MR) is 118 cm³/mol. The van der Waals surface area contributed by atoms with Crippen LogP contribution in [0.3, 0.4) is 0 Å². The lowest BCUT2D eigenvalue weighted by Crippen LogP contribution is -2.40. The molecule has 2 fully saturated rings. The van der Waals surface area contributed by atoms with Gasteiger partial charge in [0.2, 0.25) is 29.5 Å². The molecule has 9 nitrogen and oxygen atoms in total. The Balaban J connectivity index is 1.29. The molecule has 1 unspecified atom stereocenters. The number of imide groups is 1. The van der Waals surface area contributed by atoms with E-state index in [1.165, 1.54) is 0 Å². The van der Waals surface area contributed by atoms with Crippen LogP contribution in [-0.2, 0) is 43.6 Å². The van der Waals surface area contributed by atoms with Crippen LogP contribution < -0.4 is 10.6 Å².